The van der Waals surface area contributed by atoms with Gasteiger partial charge >= 0.3 is 12.0 Å². The topological polar surface area (TPSA) is 30.2 Å². The molecule has 0 spiro atoms. The second kappa shape index (κ2) is 3.52. The van der Waals surface area contributed by atoms with Crippen LogP contribution < -0.4 is 0 Å². The Kier molecular flexibility index (Phi) is 2.42. The molecule has 0 aliphatic carbocycles. The number of rotatable bonds is 1. The van der Waals surface area contributed by atoms with Crippen molar-refractivity contribution < 1.29 is 22.4 Å². The van der Waals surface area contributed by atoms with Gasteiger partial charge < -0.3 is 4.42 Å². The van der Waals surface area contributed by atoms with E-state index in [0.29, 0.717) is 10.4 Å². The van der Waals surface area contributed by atoms with Gasteiger partial charge in [0.15, 0.2) is 5.76 Å². The molecule has 0 radical (unpaired) electrons. The van der Waals surface area contributed by atoms with E-state index in [1.807, 2.05) is 0 Å². The monoisotopic (exact) mass is 248 g/mol. The Hall–Kier alpha value is -1.49. The van der Waals surface area contributed by atoms with Crippen molar-refractivity contribution in [3.63, 3.8) is 0 Å². The van der Waals surface area contributed by atoms with Gasteiger partial charge in [0, 0.05) is 10.4 Å². The van der Waals surface area contributed by atoms with E-state index < -0.39 is 17.7 Å². The largest absolute Gasteiger partial charge is 0.458 e. The van der Waals surface area contributed by atoms with Crippen molar-refractivity contribution in [2.75, 3.05) is 0 Å². The van der Waals surface area contributed by atoms with E-state index >= 15 is 0 Å². The number of carbonyl (C=O) groups excluding carboxylic acids is 1. The summed E-state index contributed by atoms with van der Waals surface area (Å²) in [5.74, 6) is -2.73. The highest BCUT2D eigenvalue weighted by atomic mass is 35.5. The molecule has 0 bridgehead atoms. The van der Waals surface area contributed by atoms with Crippen LogP contribution in [0.15, 0.2) is 28.7 Å². The van der Waals surface area contributed by atoms with Gasteiger partial charge in [-0.3, -0.25) is 4.79 Å². The van der Waals surface area contributed by atoms with Gasteiger partial charge in [0.1, 0.15) is 5.58 Å². The summed E-state index contributed by atoms with van der Waals surface area (Å²) in [4.78, 5) is 10.9. The van der Waals surface area contributed by atoms with E-state index in [1.165, 1.54) is 18.2 Å². The molecule has 1 aromatic carbocycles. The molecule has 0 atom stereocenters. The summed E-state index contributed by atoms with van der Waals surface area (Å²) in [6.45, 7) is 0. The molecule has 84 valence electrons. The number of benzene rings is 1. The van der Waals surface area contributed by atoms with Gasteiger partial charge in [-0.2, -0.15) is 13.2 Å². The minimum Gasteiger partial charge on any atom is -0.453 e. The molecule has 16 heavy (non-hydrogen) atoms. The molecule has 1 aromatic heterocycles. The zero-order chi connectivity index (χ0) is 11.9. The molecule has 6 heteroatoms. The van der Waals surface area contributed by atoms with Crippen molar-refractivity contribution in [3.05, 3.63) is 35.0 Å². The van der Waals surface area contributed by atoms with Gasteiger partial charge in [-0.1, -0.05) is 11.6 Å². The lowest BCUT2D eigenvalue weighted by molar-refractivity contribution is -0.0898. The average molecular weight is 249 g/mol. The molecule has 0 unspecified atom stereocenters. The first-order valence-corrected chi connectivity index (χ1v) is 4.56. The van der Waals surface area contributed by atoms with E-state index in [-0.39, 0.29) is 5.58 Å². The minimum absolute atomic E-state index is 0.192. The zero-order valence-electron chi connectivity index (χ0n) is 7.64. The number of hydrogen-bond donors (Lipinski definition) is 0. The van der Waals surface area contributed by atoms with Crippen LogP contribution in [0.25, 0.3) is 11.0 Å². The predicted molar refractivity (Wildman–Crippen MR) is 51.6 cm³/mol. The van der Waals surface area contributed by atoms with Crippen LogP contribution in [-0.2, 0) is 0 Å². The molecule has 0 aliphatic heterocycles. The summed E-state index contributed by atoms with van der Waals surface area (Å²) in [5, 5.41) is 0.722. The summed E-state index contributed by atoms with van der Waals surface area (Å²) < 4.78 is 41.1. The lowest BCUT2D eigenvalue weighted by Crippen LogP contribution is -2.21. The number of furan rings is 1. The zero-order valence-corrected chi connectivity index (χ0v) is 8.39. The van der Waals surface area contributed by atoms with E-state index in [1.54, 1.807) is 0 Å². The Labute approximate surface area is 92.6 Å². The third-order valence-corrected chi connectivity index (χ3v) is 2.19. The van der Waals surface area contributed by atoms with Gasteiger partial charge in [0.05, 0.1) is 0 Å². The molecule has 0 amide bonds. The van der Waals surface area contributed by atoms with Crippen LogP contribution in [0, 0.1) is 0 Å². The van der Waals surface area contributed by atoms with Crippen molar-refractivity contribution in [3.8, 4) is 0 Å². The average Bonchev–Trinajstić information content (AvgIpc) is 2.57. The standard InChI is InChI=1S/C10H4ClF3O2/c11-6-1-2-7-5(3-6)4-8(16-7)9(15)10(12,13)14/h1-4H. The van der Waals surface area contributed by atoms with Gasteiger partial charge in [-0.15, -0.1) is 0 Å². The van der Waals surface area contributed by atoms with Crippen molar-refractivity contribution in [2.24, 2.45) is 0 Å². The molecule has 0 aliphatic rings. The maximum absolute atomic E-state index is 12.1. The molecule has 2 rings (SSSR count). The summed E-state index contributed by atoms with van der Waals surface area (Å²) >= 11 is 5.65. The predicted octanol–water partition coefficient (Wildman–Crippen LogP) is 3.83. The smallest absolute Gasteiger partial charge is 0.453 e. The van der Waals surface area contributed by atoms with Gasteiger partial charge in [0.25, 0.3) is 0 Å². The molecule has 0 saturated carbocycles. The van der Waals surface area contributed by atoms with Crippen LogP contribution in [0.1, 0.15) is 10.6 Å². The molecule has 2 nitrogen and oxygen atoms in total. The molecule has 1 heterocycles. The second-order valence-corrected chi connectivity index (χ2v) is 3.56. The van der Waals surface area contributed by atoms with Gasteiger partial charge in [0.2, 0.25) is 0 Å². The SMILES string of the molecule is O=C(c1cc2cc(Cl)ccc2o1)C(F)(F)F. The first kappa shape index (κ1) is 11.0. The van der Waals surface area contributed by atoms with E-state index in [4.69, 9.17) is 16.0 Å². The van der Waals surface area contributed by atoms with Gasteiger partial charge in [-0.05, 0) is 24.3 Å². The Bertz CT molecular complexity index is 557. The number of carbonyl (C=O) groups is 1. The highest BCUT2D eigenvalue weighted by Gasteiger charge is 2.41. The van der Waals surface area contributed by atoms with Crippen molar-refractivity contribution >= 4 is 28.4 Å². The summed E-state index contributed by atoms with van der Waals surface area (Å²) in [6.07, 6.45) is -4.93. The Morgan fingerprint density at radius 1 is 1.25 bits per heavy atom. The third kappa shape index (κ3) is 1.90. The van der Waals surface area contributed by atoms with E-state index in [0.717, 1.165) is 6.07 Å². The first-order valence-electron chi connectivity index (χ1n) is 4.18. The first-order chi connectivity index (χ1) is 7.38. The number of fused-ring (bicyclic) bond motifs is 1. The Morgan fingerprint density at radius 3 is 2.56 bits per heavy atom. The van der Waals surface area contributed by atoms with Gasteiger partial charge in [-0.25, -0.2) is 0 Å². The summed E-state index contributed by atoms with van der Waals surface area (Å²) in [7, 11) is 0. The number of hydrogen-bond acceptors (Lipinski definition) is 2. The summed E-state index contributed by atoms with van der Waals surface area (Å²) in [5.41, 5.74) is 0.192. The lowest BCUT2D eigenvalue weighted by atomic mass is 10.2. The number of halogens is 4. The number of ketones is 1. The van der Waals surface area contributed by atoms with E-state index in [9.17, 15) is 18.0 Å². The maximum atomic E-state index is 12.1. The number of alkyl halides is 3. The molecule has 2 aromatic rings. The Morgan fingerprint density at radius 2 is 1.94 bits per heavy atom. The van der Waals surface area contributed by atoms with Crippen LogP contribution in [0.3, 0.4) is 0 Å². The molecular formula is C10H4ClF3O2. The van der Waals surface area contributed by atoms with Crippen molar-refractivity contribution in [2.45, 2.75) is 6.18 Å². The van der Waals surface area contributed by atoms with Crippen molar-refractivity contribution in [1.82, 2.24) is 0 Å². The normalized spacial score (nSPS) is 12.0. The maximum Gasteiger partial charge on any atom is 0.458 e. The second-order valence-electron chi connectivity index (χ2n) is 3.12. The van der Waals surface area contributed by atoms with Crippen molar-refractivity contribution in [1.29, 1.82) is 0 Å². The quantitative estimate of drug-likeness (QED) is 0.718. The minimum atomic E-state index is -4.93. The summed E-state index contributed by atoms with van der Waals surface area (Å²) in [6, 6.07) is 5.32. The fourth-order valence-electron chi connectivity index (χ4n) is 1.27. The lowest BCUT2D eigenvalue weighted by Gasteiger charge is -2.00. The molecule has 0 N–H and O–H groups in total. The third-order valence-electron chi connectivity index (χ3n) is 1.96. The fraction of sp³-hybridized carbons (Fsp3) is 0.100. The van der Waals surface area contributed by atoms with E-state index in [2.05, 4.69) is 0 Å². The van der Waals surface area contributed by atoms with Crippen LogP contribution in [0.2, 0.25) is 5.02 Å². The molecular weight excluding hydrogens is 245 g/mol. The molecule has 0 fully saturated rings. The molecule has 0 saturated heterocycles. The highest BCUT2D eigenvalue weighted by Crippen LogP contribution is 2.27. The fourth-order valence-corrected chi connectivity index (χ4v) is 1.45. The highest BCUT2D eigenvalue weighted by molar-refractivity contribution is 6.31. The van der Waals surface area contributed by atoms with Crippen LogP contribution in [0.4, 0.5) is 13.2 Å². The van der Waals surface area contributed by atoms with Crippen LogP contribution >= 0.6 is 11.6 Å². The number of Topliss-reactive ketones (excluding diaryl/α,β-unsaturated/α-hetero) is 1. The van der Waals surface area contributed by atoms with Crippen LogP contribution in [-0.4, -0.2) is 12.0 Å². The van der Waals surface area contributed by atoms with Crippen LogP contribution in [0.5, 0.6) is 0 Å². The Balaban J connectivity index is 2.52.